The predicted octanol–water partition coefficient (Wildman–Crippen LogP) is 4.52. The van der Waals surface area contributed by atoms with E-state index in [1.165, 1.54) is 37.7 Å². The second kappa shape index (κ2) is 6.56. The molecule has 1 aliphatic rings. The molecule has 1 aromatic rings. The maximum Gasteiger partial charge on any atom is 0.0187 e. The predicted molar refractivity (Wildman–Crippen MR) is 83.5 cm³/mol. The normalized spacial score (nSPS) is 18.7. The van der Waals surface area contributed by atoms with Gasteiger partial charge >= 0.3 is 0 Å². The summed E-state index contributed by atoms with van der Waals surface area (Å²) in [6, 6.07) is 11.6. The van der Waals surface area contributed by atoms with E-state index in [1.807, 2.05) is 0 Å². The van der Waals surface area contributed by atoms with Gasteiger partial charge in [-0.2, -0.15) is 0 Å². The second-order valence-corrected chi connectivity index (χ2v) is 6.56. The summed E-state index contributed by atoms with van der Waals surface area (Å²) in [6.07, 6.45) is 6.85. The van der Waals surface area contributed by atoms with Gasteiger partial charge in [-0.1, -0.05) is 63.9 Å². The van der Waals surface area contributed by atoms with E-state index >= 15 is 0 Å². The van der Waals surface area contributed by atoms with Crippen LogP contribution in [0.4, 0.5) is 0 Å². The fourth-order valence-electron chi connectivity index (χ4n) is 3.65. The Morgan fingerprint density at radius 1 is 1.16 bits per heavy atom. The maximum absolute atomic E-state index is 3.85. The molecular formula is C18H29N. The minimum absolute atomic E-state index is 0.214. The van der Waals surface area contributed by atoms with Gasteiger partial charge in [0, 0.05) is 11.5 Å². The van der Waals surface area contributed by atoms with E-state index in [4.69, 9.17) is 0 Å². The minimum atomic E-state index is 0.214. The summed E-state index contributed by atoms with van der Waals surface area (Å²) in [5.41, 5.74) is 1.68. The Labute approximate surface area is 118 Å². The molecule has 1 saturated carbocycles. The van der Waals surface area contributed by atoms with Crippen molar-refractivity contribution in [3.05, 3.63) is 35.9 Å². The molecule has 0 bridgehead atoms. The summed E-state index contributed by atoms with van der Waals surface area (Å²) in [7, 11) is 0. The number of nitrogens with one attached hydrogen (secondary N) is 1. The molecule has 106 valence electrons. The molecule has 0 saturated heterocycles. The zero-order valence-electron chi connectivity index (χ0n) is 12.8. The van der Waals surface area contributed by atoms with Crippen molar-refractivity contribution in [3.63, 3.8) is 0 Å². The number of hydrogen-bond donors (Lipinski definition) is 1. The van der Waals surface area contributed by atoms with Crippen molar-refractivity contribution in [1.29, 1.82) is 0 Å². The molecular weight excluding hydrogens is 230 g/mol. The largest absolute Gasteiger partial charge is 0.313 e. The molecule has 1 nitrogen and oxygen atoms in total. The standard InChI is InChI=1S/C18H29N/c1-4-14-19-17(15-10-8-9-11-15)18(2,3)16-12-6-5-7-13-16/h5-7,12-13,15,17,19H,4,8-11,14H2,1-3H3. The molecule has 19 heavy (non-hydrogen) atoms. The third-order valence-electron chi connectivity index (χ3n) is 4.78. The van der Waals surface area contributed by atoms with Crippen LogP contribution in [-0.2, 0) is 5.41 Å². The number of benzene rings is 1. The first kappa shape index (κ1) is 14.6. The topological polar surface area (TPSA) is 12.0 Å². The van der Waals surface area contributed by atoms with Crippen LogP contribution < -0.4 is 5.32 Å². The van der Waals surface area contributed by atoms with Gasteiger partial charge in [-0.25, -0.2) is 0 Å². The molecule has 1 fully saturated rings. The molecule has 1 N–H and O–H groups in total. The van der Waals surface area contributed by atoms with Crippen LogP contribution >= 0.6 is 0 Å². The molecule has 1 atom stereocenters. The summed E-state index contributed by atoms with van der Waals surface area (Å²) in [4.78, 5) is 0. The van der Waals surface area contributed by atoms with Gasteiger partial charge in [-0.3, -0.25) is 0 Å². The van der Waals surface area contributed by atoms with E-state index in [2.05, 4.69) is 56.4 Å². The van der Waals surface area contributed by atoms with E-state index in [0.717, 1.165) is 12.5 Å². The quantitative estimate of drug-likeness (QED) is 0.792. The molecule has 0 spiro atoms. The monoisotopic (exact) mass is 259 g/mol. The van der Waals surface area contributed by atoms with E-state index in [9.17, 15) is 0 Å². The Balaban J connectivity index is 2.20. The van der Waals surface area contributed by atoms with Crippen molar-refractivity contribution in [2.75, 3.05) is 6.54 Å². The Bertz CT molecular complexity index is 363. The molecule has 2 rings (SSSR count). The first-order valence-electron chi connectivity index (χ1n) is 7.95. The first-order chi connectivity index (χ1) is 9.16. The lowest BCUT2D eigenvalue weighted by atomic mass is 9.72. The molecule has 0 aliphatic heterocycles. The van der Waals surface area contributed by atoms with Crippen LogP contribution in [0.15, 0.2) is 30.3 Å². The molecule has 1 aromatic carbocycles. The lowest BCUT2D eigenvalue weighted by molar-refractivity contribution is 0.247. The van der Waals surface area contributed by atoms with Crippen molar-refractivity contribution in [2.24, 2.45) is 5.92 Å². The van der Waals surface area contributed by atoms with Crippen LogP contribution in [0.25, 0.3) is 0 Å². The zero-order valence-corrected chi connectivity index (χ0v) is 12.8. The molecule has 0 heterocycles. The summed E-state index contributed by atoms with van der Waals surface area (Å²) in [5.74, 6) is 0.849. The average molecular weight is 259 g/mol. The first-order valence-corrected chi connectivity index (χ1v) is 7.95. The van der Waals surface area contributed by atoms with Crippen molar-refractivity contribution in [1.82, 2.24) is 5.32 Å². The van der Waals surface area contributed by atoms with Gasteiger partial charge in [0.1, 0.15) is 0 Å². The van der Waals surface area contributed by atoms with Gasteiger partial charge in [0.2, 0.25) is 0 Å². The third kappa shape index (κ3) is 3.39. The Morgan fingerprint density at radius 3 is 2.37 bits per heavy atom. The van der Waals surface area contributed by atoms with Crippen molar-refractivity contribution in [2.45, 2.75) is 64.3 Å². The number of hydrogen-bond acceptors (Lipinski definition) is 1. The highest BCUT2D eigenvalue weighted by Gasteiger charge is 2.37. The summed E-state index contributed by atoms with van der Waals surface area (Å²) in [6.45, 7) is 8.22. The Kier molecular flexibility index (Phi) is 5.04. The molecule has 1 heteroatoms. The Hall–Kier alpha value is -0.820. The summed E-state index contributed by atoms with van der Waals surface area (Å²) in [5, 5.41) is 3.85. The fourth-order valence-corrected chi connectivity index (χ4v) is 3.65. The highest BCUT2D eigenvalue weighted by atomic mass is 14.9. The SMILES string of the molecule is CCCNC(C1CCCC1)C(C)(C)c1ccccc1. The van der Waals surface area contributed by atoms with Crippen LogP contribution in [-0.4, -0.2) is 12.6 Å². The van der Waals surface area contributed by atoms with Crippen LogP contribution in [0, 0.1) is 5.92 Å². The molecule has 0 amide bonds. The van der Waals surface area contributed by atoms with E-state index in [1.54, 1.807) is 0 Å². The van der Waals surface area contributed by atoms with Crippen molar-refractivity contribution < 1.29 is 0 Å². The van der Waals surface area contributed by atoms with E-state index < -0.39 is 0 Å². The molecule has 1 aliphatic carbocycles. The summed E-state index contributed by atoms with van der Waals surface area (Å²) < 4.78 is 0. The molecule has 1 unspecified atom stereocenters. The minimum Gasteiger partial charge on any atom is -0.313 e. The highest BCUT2D eigenvalue weighted by Crippen LogP contribution is 2.38. The third-order valence-corrected chi connectivity index (χ3v) is 4.78. The van der Waals surface area contributed by atoms with E-state index in [-0.39, 0.29) is 5.41 Å². The lowest BCUT2D eigenvalue weighted by Gasteiger charge is -2.39. The smallest absolute Gasteiger partial charge is 0.0187 e. The van der Waals surface area contributed by atoms with E-state index in [0.29, 0.717) is 6.04 Å². The number of rotatable bonds is 6. The van der Waals surface area contributed by atoms with Crippen LogP contribution in [0.1, 0.15) is 58.4 Å². The lowest BCUT2D eigenvalue weighted by Crippen LogP contribution is -2.49. The zero-order chi connectivity index (χ0) is 13.7. The summed E-state index contributed by atoms with van der Waals surface area (Å²) >= 11 is 0. The fraction of sp³-hybridized carbons (Fsp3) is 0.667. The molecule has 0 aromatic heterocycles. The maximum atomic E-state index is 3.85. The van der Waals surface area contributed by atoms with Crippen LogP contribution in [0.3, 0.4) is 0 Å². The van der Waals surface area contributed by atoms with Crippen LogP contribution in [0.2, 0.25) is 0 Å². The average Bonchev–Trinajstić information content (AvgIpc) is 2.94. The van der Waals surface area contributed by atoms with Crippen molar-refractivity contribution in [3.8, 4) is 0 Å². The van der Waals surface area contributed by atoms with Gasteiger partial charge in [0.25, 0.3) is 0 Å². The highest BCUT2D eigenvalue weighted by molar-refractivity contribution is 5.26. The van der Waals surface area contributed by atoms with Gasteiger partial charge in [-0.15, -0.1) is 0 Å². The second-order valence-electron chi connectivity index (χ2n) is 6.56. The van der Waals surface area contributed by atoms with Gasteiger partial charge in [0.15, 0.2) is 0 Å². The van der Waals surface area contributed by atoms with Gasteiger partial charge in [-0.05, 0) is 37.3 Å². The van der Waals surface area contributed by atoms with Gasteiger partial charge in [0.05, 0.1) is 0 Å². The Morgan fingerprint density at radius 2 is 1.79 bits per heavy atom. The van der Waals surface area contributed by atoms with Crippen molar-refractivity contribution >= 4 is 0 Å². The molecule has 0 radical (unpaired) electrons. The van der Waals surface area contributed by atoms with Gasteiger partial charge < -0.3 is 5.32 Å². The van der Waals surface area contributed by atoms with Crippen LogP contribution in [0.5, 0.6) is 0 Å².